The molecule has 0 saturated carbocycles. The Bertz CT molecular complexity index is 155. The first-order valence-electron chi connectivity index (χ1n) is 4.58. The number of rotatable bonds is 5. The highest BCUT2D eigenvalue weighted by molar-refractivity contribution is 5.88. The van der Waals surface area contributed by atoms with Gasteiger partial charge in [-0.15, -0.1) is 0 Å². The van der Waals surface area contributed by atoms with Gasteiger partial charge in [0.25, 0.3) is 0 Å². The molecule has 1 unspecified atom stereocenters. The Morgan fingerprint density at radius 3 is 2.92 bits per heavy atom. The third-order valence-corrected chi connectivity index (χ3v) is 2.02. The molecule has 1 rings (SSSR count). The molecule has 0 amide bonds. The zero-order valence-corrected chi connectivity index (χ0v) is 7.42. The van der Waals surface area contributed by atoms with Crippen LogP contribution in [0.3, 0.4) is 0 Å². The van der Waals surface area contributed by atoms with Gasteiger partial charge in [0.1, 0.15) is 5.84 Å². The van der Waals surface area contributed by atoms with Crippen LogP contribution in [0.4, 0.5) is 0 Å². The maximum atomic E-state index is 5.89. The molecule has 0 fully saturated rings. The van der Waals surface area contributed by atoms with E-state index in [1.165, 1.54) is 0 Å². The van der Waals surface area contributed by atoms with Gasteiger partial charge < -0.3 is 16.8 Å². The van der Waals surface area contributed by atoms with Gasteiger partial charge in [0, 0.05) is 6.54 Å². The molecule has 0 bridgehead atoms. The first-order chi connectivity index (χ1) is 5.84. The number of nitrogens with two attached hydrogens (primary N) is 2. The van der Waals surface area contributed by atoms with E-state index in [1.807, 2.05) is 0 Å². The minimum absolute atomic E-state index is 0.0963. The van der Waals surface area contributed by atoms with Crippen molar-refractivity contribution in [2.75, 3.05) is 19.6 Å². The van der Waals surface area contributed by atoms with E-state index < -0.39 is 0 Å². The van der Waals surface area contributed by atoms with E-state index in [0.717, 1.165) is 44.7 Å². The highest BCUT2D eigenvalue weighted by atomic mass is 15.1. The van der Waals surface area contributed by atoms with Gasteiger partial charge in [-0.25, -0.2) is 0 Å². The van der Waals surface area contributed by atoms with Crippen molar-refractivity contribution in [3.05, 3.63) is 0 Å². The summed E-state index contributed by atoms with van der Waals surface area (Å²) in [5.41, 5.74) is 11.3. The van der Waals surface area contributed by atoms with Gasteiger partial charge in [-0.1, -0.05) is 6.42 Å². The minimum Gasteiger partial charge on any atom is -0.371 e. The lowest BCUT2D eigenvalue weighted by Crippen LogP contribution is -2.38. The highest BCUT2D eigenvalue weighted by Crippen LogP contribution is 2.00. The third kappa shape index (κ3) is 2.79. The highest BCUT2D eigenvalue weighted by Gasteiger charge is 2.12. The second-order valence-electron chi connectivity index (χ2n) is 3.08. The fourth-order valence-electron chi connectivity index (χ4n) is 1.31. The zero-order chi connectivity index (χ0) is 8.81. The lowest BCUT2D eigenvalue weighted by atomic mass is 10.1. The van der Waals surface area contributed by atoms with Crippen LogP contribution >= 0.6 is 0 Å². The largest absolute Gasteiger partial charge is 0.371 e. The summed E-state index contributed by atoms with van der Waals surface area (Å²) in [7, 11) is 0. The van der Waals surface area contributed by atoms with E-state index in [0.29, 0.717) is 0 Å². The van der Waals surface area contributed by atoms with Gasteiger partial charge in [0.05, 0.1) is 12.6 Å². The van der Waals surface area contributed by atoms with Crippen molar-refractivity contribution in [1.29, 1.82) is 0 Å². The molecule has 0 aliphatic carbocycles. The van der Waals surface area contributed by atoms with E-state index in [-0.39, 0.29) is 6.04 Å². The average Bonchev–Trinajstić information content (AvgIpc) is 2.56. The van der Waals surface area contributed by atoms with Crippen molar-refractivity contribution >= 4 is 5.84 Å². The summed E-state index contributed by atoms with van der Waals surface area (Å²) in [5, 5.41) is 3.18. The van der Waals surface area contributed by atoms with E-state index in [1.54, 1.807) is 0 Å². The predicted octanol–water partition coefficient (Wildman–Crippen LogP) is -0.556. The fraction of sp³-hybridized carbons (Fsp3) is 0.875. The summed E-state index contributed by atoms with van der Waals surface area (Å²) in [5.74, 6) is 0.979. The summed E-state index contributed by atoms with van der Waals surface area (Å²) in [6, 6.07) is 0.0963. The van der Waals surface area contributed by atoms with Crippen LogP contribution in [-0.2, 0) is 0 Å². The first-order valence-corrected chi connectivity index (χ1v) is 4.58. The Kier molecular flexibility index (Phi) is 4.04. The zero-order valence-electron chi connectivity index (χ0n) is 7.42. The Balaban J connectivity index is 2.14. The first kappa shape index (κ1) is 9.48. The van der Waals surface area contributed by atoms with Crippen LogP contribution < -0.4 is 16.8 Å². The van der Waals surface area contributed by atoms with Gasteiger partial charge in [-0.3, -0.25) is 4.99 Å². The number of nitrogens with zero attached hydrogens (tertiary/aromatic N) is 1. The van der Waals surface area contributed by atoms with Crippen LogP contribution in [0, 0.1) is 0 Å². The fourth-order valence-corrected chi connectivity index (χ4v) is 1.31. The second-order valence-corrected chi connectivity index (χ2v) is 3.08. The van der Waals surface area contributed by atoms with Crippen molar-refractivity contribution in [3.8, 4) is 0 Å². The molecule has 5 N–H and O–H groups in total. The maximum absolute atomic E-state index is 5.89. The SMILES string of the molecule is NCCCCC(N)C1=NCCN1. The maximum Gasteiger partial charge on any atom is 0.113 e. The molecule has 0 aromatic rings. The van der Waals surface area contributed by atoms with Crippen LogP contribution in [0.25, 0.3) is 0 Å². The average molecular weight is 170 g/mol. The number of hydrogen-bond donors (Lipinski definition) is 3. The van der Waals surface area contributed by atoms with Gasteiger partial charge in [0.2, 0.25) is 0 Å². The Morgan fingerprint density at radius 1 is 1.50 bits per heavy atom. The molecule has 0 aromatic carbocycles. The van der Waals surface area contributed by atoms with E-state index >= 15 is 0 Å². The second kappa shape index (κ2) is 5.11. The molecule has 1 atom stereocenters. The van der Waals surface area contributed by atoms with E-state index in [2.05, 4.69) is 10.3 Å². The molecule has 4 heteroatoms. The molecule has 1 aliphatic rings. The van der Waals surface area contributed by atoms with Crippen LogP contribution in [0.5, 0.6) is 0 Å². The van der Waals surface area contributed by atoms with Gasteiger partial charge in [-0.05, 0) is 19.4 Å². The molecule has 4 nitrogen and oxygen atoms in total. The van der Waals surface area contributed by atoms with Gasteiger partial charge >= 0.3 is 0 Å². The Morgan fingerprint density at radius 2 is 2.33 bits per heavy atom. The summed E-state index contributed by atoms with van der Waals surface area (Å²) in [6.07, 6.45) is 3.14. The van der Waals surface area contributed by atoms with Crippen LogP contribution in [0.1, 0.15) is 19.3 Å². The number of unbranched alkanes of at least 4 members (excludes halogenated alkanes) is 1. The predicted molar refractivity (Wildman–Crippen MR) is 51.2 cm³/mol. The van der Waals surface area contributed by atoms with E-state index in [4.69, 9.17) is 11.5 Å². The molecule has 12 heavy (non-hydrogen) atoms. The number of aliphatic imine (C=N–C) groups is 1. The van der Waals surface area contributed by atoms with Crippen molar-refractivity contribution in [1.82, 2.24) is 5.32 Å². The lowest BCUT2D eigenvalue weighted by molar-refractivity contribution is 0.646. The summed E-state index contributed by atoms with van der Waals surface area (Å²) in [6.45, 7) is 2.58. The number of nitrogens with one attached hydrogen (secondary N) is 1. The molecule has 1 aliphatic heterocycles. The molecular formula is C8H18N4. The summed E-state index contributed by atoms with van der Waals surface area (Å²) in [4.78, 5) is 4.26. The molecule has 0 spiro atoms. The van der Waals surface area contributed by atoms with Crippen molar-refractivity contribution in [2.24, 2.45) is 16.5 Å². The summed E-state index contributed by atoms with van der Waals surface area (Å²) >= 11 is 0. The molecule has 0 radical (unpaired) electrons. The van der Waals surface area contributed by atoms with Crippen molar-refractivity contribution in [3.63, 3.8) is 0 Å². The standard InChI is InChI=1S/C8H18N4/c9-4-2-1-3-7(10)8-11-5-6-12-8/h7H,1-6,9-10H2,(H,11,12). The molecular weight excluding hydrogens is 152 g/mol. The van der Waals surface area contributed by atoms with Crippen molar-refractivity contribution < 1.29 is 0 Å². The number of amidine groups is 1. The van der Waals surface area contributed by atoms with Crippen LogP contribution in [0.15, 0.2) is 4.99 Å². The molecule has 1 heterocycles. The van der Waals surface area contributed by atoms with Crippen LogP contribution in [-0.4, -0.2) is 31.5 Å². The quantitative estimate of drug-likeness (QED) is 0.484. The Labute approximate surface area is 73.4 Å². The van der Waals surface area contributed by atoms with Crippen molar-refractivity contribution in [2.45, 2.75) is 25.3 Å². The molecule has 70 valence electrons. The lowest BCUT2D eigenvalue weighted by Gasteiger charge is -2.11. The van der Waals surface area contributed by atoms with Gasteiger partial charge in [0.15, 0.2) is 0 Å². The monoisotopic (exact) mass is 170 g/mol. The Hall–Kier alpha value is -0.610. The van der Waals surface area contributed by atoms with Gasteiger partial charge in [-0.2, -0.15) is 0 Å². The third-order valence-electron chi connectivity index (χ3n) is 2.02. The number of hydrogen-bond acceptors (Lipinski definition) is 4. The smallest absolute Gasteiger partial charge is 0.113 e. The molecule has 0 aromatic heterocycles. The van der Waals surface area contributed by atoms with E-state index in [9.17, 15) is 0 Å². The minimum atomic E-state index is 0.0963. The topological polar surface area (TPSA) is 76.4 Å². The van der Waals surface area contributed by atoms with Crippen LogP contribution in [0.2, 0.25) is 0 Å². The molecule has 0 saturated heterocycles. The summed E-state index contributed by atoms with van der Waals surface area (Å²) < 4.78 is 0. The normalized spacial score (nSPS) is 18.7.